The topological polar surface area (TPSA) is 66.6 Å². The van der Waals surface area contributed by atoms with Gasteiger partial charge in [0.1, 0.15) is 0 Å². The maximum atomic E-state index is 13.1. The van der Waals surface area contributed by atoms with Gasteiger partial charge in [0.25, 0.3) is 0 Å². The first-order valence-corrected chi connectivity index (χ1v) is 11.5. The van der Waals surface area contributed by atoms with Gasteiger partial charge in [-0.05, 0) is 47.7 Å². The number of fused-ring (bicyclic) bond motifs is 1. The van der Waals surface area contributed by atoms with Crippen molar-refractivity contribution >= 4 is 28.3 Å². The number of hydrogen-bond acceptors (Lipinski definition) is 3. The van der Waals surface area contributed by atoms with Gasteiger partial charge in [-0.25, -0.2) is 0 Å². The third kappa shape index (κ3) is 4.68. The molecule has 3 aromatic rings. The molecule has 5 heteroatoms. The van der Waals surface area contributed by atoms with Crippen LogP contribution >= 0.6 is 0 Å². The number of likely N-dealkylation sites (tertiary alicyclic amines) is 1. The van der Waals surface area contributed by atoms with Gasteiger partial charge in [0.15, 0.2) is 0 Å². The van der Waals surface area contributed by atoms with Crippen LogP contribution in [-0.2, 0) is 16.0 Å². The lowest BCUT2D eigenvalue weighted by Gasteiger charge is -2.39. The van der Waals surface area contributed by atoms with Gasteiger partial charge in [0.2, 0.25) is 11.8 Å². The summed E-state index contributed by atoms with van der Waals surface area (Å²) in [6.45, 7) is 3.13. The summed E-state index contributed by atoms with van der Waals surface area (Å²) in [4.78, 5) is 29.5. The van der Waals surface area contributed by atoms with E-state index < -0.39 is 6.04 Å². The molecule has 1 saturated heterocycles. The third-order valence-corrected chi connectivity index (χ3v) is 6.38. The molecule has 0 spiro atoms. The molecule has 0 bridgehead atoms. The fourth-order valence-electron chi connectivity index (χ4n) is 4.69. The first-order valence-electron chi connectivity index (χ1n) is 11.5. The van der Waals surface area contributed by atoms with Crippen molar-refractivity contribution in [1.82, 2.24) is 4.90 Å². The van der Waals surface area contributed by atoms with Crippen molar-refractivity contribution in [1.29, 1.82) is 0 Å². The maximum absolute atomic E-state index is 13.1. The smallest absolute Gasteiger partial charge is 0.239 e. The molecule has 1 aliphatic heterocycles. The first-order chi connectivity index (χ1) is 15.6. The molecule has 32 heavy (non-hydrogen) atoms. The predicted molar refractivity (Wildman–Crippen MR) is 129 cm³/mol. The van der Waals surface area contributed by atoms with Gasteiger partial charge in [0, 0.05) is 31.2 Å². The molecule has 2 N–H and O–H groups in total. The predicted octanol–water partition coefficient (Wildman–Crippen LogP) is 4.14. The normalized spacial score (nSPS) is 15.5. The molecule has 3 aromatic carbocycles. The Bertz CT molecular complexity index is 1070. The molecule has 1 aliphatic rings. The zero-order valence-electron chi connectivity index (χ0n) is 18.6. The van der Waals surface area contributed by atoms with Crippen LogP contribution in [0.15, 0.2) is 72.8 Å². The summed E-state index contributed by atoms with van der Waals surface area (Å²) >= 11 is 0. The highest BCUT2D eigenvalue weighted by atomic mass is 16.2. The number of para-hydroxylation sites is 1. The molecule has 5 nitrogen and oxygen atoms in total. The Morgan fingerprint density at radius 3 is 2.34 bits per heavy atom. The summed E-state index contributed by atoms with van der Waals surface area (Å²) in [5.41, 5.74) is 8.40. The number of piperidine rings is 1. The van der Waals surface area contributed by atoms with Gasteiger partial charge in [-0.15, -0.1) is 0 Å². The molecule has 1 unspecified atom stereocenters. The molecular formula is C27H31N3O2. The van der Waals surface area contributed by atoms with Crippen LogP contribution in [0.3, 0.4) is 0 Å². The highest BCUT2D eigenvalue weighted by Gasteiger charge is 2.31. The van der Waals surface area contributed by atoms with E-state index in [-0.39, 0.29) is 17.9 Å². The van der Waals surface area contributed by atoms with E-state index in [2.05, 4.69) is 24.3 Å². The minimum Gasteiger partial charge on any atom is -0.341 e. The van der Waals surface area contributed by atoms with E-state index in [0.717, 1.165) is 34.9 Å². The zero-order valence-corrected chi connectivity index (χ0v) is 18.6. The Balaban J connectivity index is 1.41. The van der Waals surface area contributed by atoms with Crippen LogP contribution in [0.4, 0.5) is 5.69 Å². The Hall–Kier alpha value is -3.18. The van der Waals surface area contributed by atoms with Gasteiger partial charge in [0.05, 0.1) is 6.04 Å². The SMILES string of the molecule is CCC(=O)N(c1ccccc1)C1CCN(C(=O)C(N)Cc2cccc3ccccc23)CC1. The number of nitrogens with two attached hydrogens (primary N) is 1. The fourth-order valence-corrected chi connectivity index (χ4v) is 4.69. The molecule has 1 heterocycles. The number of hydrogen-bond donors (Lipinski definition) is 1. The van der Waals surface area contributed by atoms with Crippen LogP contribution in [-0.4, -0.2) is 41.9 Å². The number of rotatable bonds is 6. The summed E-state index contributed by atoms with van der Waals surface area (Å²) < 4.78 is 0. The van der Waals surface area contributed by atoms with Crippen molar-refractivity contribution in [3.05, 3.63) is 78.4 Å². The summed E-state index contributed by atoms with van der Waals surface area (Å²) in [6.07, 6.45) is 2.50. The zero-order chi connectivity index (χ0) is 22.5. The van der Waals surface area contributed by atoms with Crippen LogP contribution < -0.4 is 10.6 Å². The number of anilines is 1. The van der Waals surface area contributed by atoms with Crippen molar-refractivity contribution in [2.24, 2.45) is 5.73 Å². The monoisotopic (exact) mass is 429 g/mol. The van der Waals surface area contributed by atoms with Crippen molar-refractivity contribution in [2.45, 2.75) is 44.7 Å². The highest BCUT2D eigenvalue weighted by Crippen LogP contribution is 2.25. The van der Waals surface area contributed by atoms with E-state index in [0.29, 0.717) is 25.9 Å². The lowest BCUT2D eigenvalue weighted by atomic mass is 9.97. The number of benzene rings is 3. The van der Waals surface area contributed by atoms with Crippen molar-refractivity contribution in [2.75, 3.05) is 18.0 Å². The van der Waals surface area contributed by atoms with Crippen LogP contribution in [0.2, 0.25) is 0 Å². The van der Waals surface area contributed by atoms with E-state index in [1.807, 2.05) is 65.3 Å². The molecule has 0 aromatic heterocycles. The van der Waals surface area contributed by atoms with E-state index in [1.54, 1.807) is 0 Å². The second kappa shape index (κ2) is 9.96. The second-order valence-corrected chi connectivity index (χ2v) is 8.46. The van der Waals surface area contributed by atoms with Gasteiger partial charge >= 0.3 is 0 Å². The van der Waals surface area contributed by atoms with Gasteiger partial charge in [-0.2, -0.15) is 0 Å². The van der Waals surface area contributed by atoms with Gasteiger partial charge in [-0.1, -0.05) is 67.6 Å². The average molecular weight is 430 g/mol. The standard InChI is InChI=1S/C27H31N3O2/c1-2-26(31)30(22-12-4-3-5-13-22)23-15-17-29(18-16-23)27(32)25(28)19-21-11-8-10-20-9-6-7-14-24(20)21/h3-14,23,25H,2,15-19,28H2,1H3. The lowest BCUT2D eigenvalue weighted by molar-refractivity contribution is -0.133. The van der Waals surface area contributed by atoms with Crippen LogP contribution in [0, 0.1) is 0 Å². The molecule has 0 saturated carbocycles. The molecule has 1 fully saturated rings. The van der Waals surface area contributed by atoms with Crippen LogP contribution in [0.25, 0.3) is 10.8 Å². The molecule has 1 atom stereocenters. The Labute approximate surface area is 189 Å². The molecule has 0 radical (unpaired) electrons. The van der Waals surface area contributed by atoms with E-state index in [1.165, 1.54) is 0 Å². The quantitative estimate of drug-likeness (QED) is 0.640. The van der Waals surface area contributed by atoms with Crippen LogP contribution in [0.5, 0.6) is 0 Å². The third-order valence-electron chi connectivity index (χ3n) is 6.38. The minimum atomic E-state index is -0.570. The molecule has 0 aliphatic carbocycles. The molecule has 2 amide bonds. The fraction of sp³-hybridized carbons (Fsp3) is 0.333. The minimum absolute atomic E-state index is 0.00976. The van der Waals surface area contributed by atoms with Crippen molar-refractivity contribution < 1.29 is 9.59 Å². The van der Waals surface area contributed by atoms with Gasteiger partial charge < -0.3 is 15.5 Å². The number of carbonyl (C=O) groups is 2. The van der Waals surface area contributed by atoms with Crippen molar-refractivity contribution in [3.8, 4) is 0 Å². The van der Waals surface area contributed by atoms with Gasteiger partial charge in [-0.3, -0.25) is 9.59 Å². The molecule has 166 valence electrons. The number of carbonyl (C=O) groups excluding carboxylic acids is 2. The lowest BCUT2D eigenvalue weighted by Crippen LogP contribution is -2.52. The molecular weight excluding hydrogens is 398 g/mol. The molecule has 4 rings (SSSR count). The summed E-state index contributed by atoms with van der Waals surface area (Å²) in [5.74, 6) is 0.109. The summed E-state index contributed by atoms with van der Waals surface area (Å²) in [5, 5.41) is 2.31. The Kier molecular flexibility index (Phi) is 6.86. The second-order valence-electron chi connectivity index (χ2n) is 8.46. The first kappa shape index (κ1) is 22.0. The van der Waals surface area contributed by atoms with E-state index in [9.17, 15) is 9.59 Å². The Morgan fingerprint density at radius 2 is 1.62 bits per heavy atom. The summed E-state index contributed by atoms with van der Waals surface area (Å²) in [7, 11) is 0. The highest BCUT2D eigenvalue weighted by molar-refractivity contribution is 5.94. The van der Waals surface area contributed by atoms with Crippen LogP contribution in [0.1, 0.15) is 31.7 Å². The maximum Gasteiger partial charge on any atom is 0.239 e. The largest absolute Gasteiger partial charge is 0.341 e. The number of nitrogens with zero attached hydrogens (tertiary/aromatic N) is 2. The summed E-state index contributed by atoms with van der Waals surface area (Å²) in [6, 6.07) is 23.7. The van der Waals surface area contributed by atoms with Crippen molar-refractivity contribution in [3.63, 3.8) is 0 Å². The van der Waals surface area contributed by atoms with E-state index in [4.69, 9.17) is 5.73 Å². The number of amides is 2. The Morgan fingerprint density at radius 1 is 0.969 bits per heavy atom. The average Bonchev–Trinajstić information content (AvgIpc) is 2.85. The van der Waals surface area contributed by atoms with E-state index >= 15 is 0 Å².